The maximum atomic E-state index is 11.7. The average molecular weight is 340 g/mol. The Labute approximate surface area is 150 Å². The van der Waals surface area contributed by atoms with Gasteiger partial charge >= 0.3 is 0 Å². The lowest BCUT2D eigenvalue weighted by molar-refractivity contribution is -0.120. The predicted octanol–water partition coefficient (Wildman–Crippen LogP) is 3.78. The fourth-order valence-electron chi connectivity index (χ4n) is 3.68. The minimum absolute atomic E-state index is 0.0765. The third-order valence-electron chi connectivity index (χ3n) is 5.05. The molecule has 0 saturated carbocycles. The van der Waals surface area contributed by atoms with Gasteiger partial charge in [0, 0.05) is 18.3 Å². The summed E-state index contributed by atoms with van der Waals surface area (Å²) in [5.41, 5.74) is 6.72. The molecule has 134 valence electrons. The van der Waals surface area contributed by atoms with Crippen molar-refractivity contribution in [3.63, 3.8) is 0 Å². The zero-order chi connectivity index (χ0) is 17.6. The van der Waals surface area contributed by atoms with Gasteiger partial charge in [-0.25, -0.2) is 0 Å². The highest BCUT2D eigenvalue weighted by atomic mass is 16.1. The minimum atomic E-state index is 0.0765. The van der Waals surface area contributed by atoms with Gasteiger partial charge in [-0.2, -0.15) is 5.10 Å². The van der Waals surface area contributed by atoms with Gasteiger partial charge < -0.3 is 5.32 Å². The molecule has 0 aromatic carbocycles. The van der Waals surface area contributed by atoms with E-state index in [4.69, 9.17) is 0 Å². The Morgan fingerprint density at radius 1 is 1.04 bits per heavy atom. The van der Waals surface area contributed by atoms with Crippen LogP contribution in [0.2, 0.25) is 0 Å². The van der Waals surface area contributed by atoms with Crippen molar-refractivity contribution in [3.05, 3.63) is 34.4 Å². The Hall–Kier alpha value is -2.04. The van der Waals surface area contributed by atoms with Crippen molar-refractivity contribution >= 4 is 11.6 Å². The SMILES string of the molecule is CCCC(=O)NC1=CN=C(c2nnc(C)c3c2CCCCCC3)CC1. The van der Waals surface area contributed by atoms with Gasteiger partial charge in [-0.1, -0.05) is 19.8 Å². The first kappa shape index (κ1) is 17.8. The van der Waals surface area contributed by atoms with Crippen molar-refractivity contribution in [2.45, 2.75) is 78.1 Å². The molecule has 0 fully saturated rings. The summed E-state index contributed by atoms with van der Waals surface area (Å²) in [5, 5.41) is 11.9. The van der Waals surface area contributed by atoms with Crippen LogP contribution in [-0.4, -0.2) is 21.8 Å². The van der Waals surface area contributed by atoms with E-state index in [2.05, 4.69) is 27.4 Å². The zero-order valence-corrected chi connectivity index (χ0v) is 15.4. The van der Waals surface area contributed by atoms with Crippen LogP contribution in [0, 0.1) is 6.92 Å². The quantitative estimate of drug-likeness (QED) is 0.907. The number of aryl methyl sites for hydroxylation is 1. The molecule has 25 heavy (non-hydrogen) atoms. The van der Waals surface area contributed by atoms with Gasteiger partial charge in [0.15, 0.2) is 0 Å². The Morgan fingerprint density at radius 3 is 2.48 bits per heavy atom. The molecule has 2 heterocycles. The third-order valence-corrected chi connectivity index (χ3v) is 5.05. The molecule has 0 bridgehead atoms. The van der Waals surface area contributed by atoms with Crippen molar-refractivity contribution in [2.24, 2.45) is 4.99 Å². The van der Waals surface area contributed by atoms with Crippen LogP contribution in [0.1, 0.15) is 80.8 Å². The number of carbonyl (C=O) groups is 1. The Morgan fingerprint density at radius 2 is 1.80 bits per heavy atom. The fraction of sp³-hybridized carbons (Fsp3) is 0.600. The third kappa shape index (κ3) is 4.33. The first-order valence-electron chi connectivity index (χ1n) is 9.60. The number of rotatable bonds is 4. The van der Waals surface area contributed by atoms with Crippen molar-refractivity contribution < 1.29 is 4.79 Å². The standard InChI is InChI=1S/C20H28N4O/c1-3-8-19(25)22-15-11-12-18(21-13-15)20-17-10-7-5-4-6-9-16(17)14(2)23-24-20/h13H,3-12H2,1-2H3,(H,22,25). The maximum absolute atomic E-state index is 11.7. The number of hydrogen-bond acceptors (Lipinski definition) is 4. The van der Waals surface area contributed by atoms with Crippen LogP contribution in [0.5, 0.6) is 0 Å². The van der Waals surface area contributed by atoms with Crippen molar-refractivity contribution in [3.8, 4) is 0 Å². The van der Waals surface area contributed by atoms with Gasteiger partial charge in [-0.15, -0.1) is 5.10 Å². The molecule has 0 unspecified atom stereocenters. The molecule has 1 aliphatic heterocycles. The molecule has 1 amide bonds. The second-order valence-corrected chi connectivity index (χ2v) is 7.03. The van der Waals surface area contributed by atoms with Crippen molar-refractivity contribution in [1.82, 2.24) is 15.5 Å². The summed E-state index contributed by atoms with van der Waals surface area (Å²) in [6.07, 6.45) is 12.1. The lowest BCUT2D eigenvalue weighted by atomic mass is 9.89. The van der Waals surface area contributed by atoms with E-state index in [1.807, 2.05) is 6.92 Å². The maximum Gasteiger partial charge on any atom is 0.224 e. The van der Waals surface area contributed by atoms with Gasteiger partial charge in [-0.05, 0) is 63.0 Å². The fourth-order valence-corrected chi connectivity index (χ4v) is 3.68. The van der Waals surface area contributed by atoms with E-state index in [9.17, 15) is 4.79 Å². The highest BCUT2D eigenvalue weighted by molar-refractivity contribution is 6.01. The Kier molecular flexibility index (Phi) is 5.95. The molecule has 1 aliphatic carbocycles. The summed E-state index contributed by atoms with van der Waals surface area (Å²) in [5.74, 6) is 0.0765. The smallest absolute Gasteiger partial charge is 0.224 e. The molecular weight excluding hydrogens is 312 g/mol. The highest BCUT2D eigenvalue weighted by Crippen LogP contribution is 2.26. The van der Waals surface area contributed by atoms with Gasteiger partial charge in [-0.3, -0.25) is 9.79 Å². The van der Waals surface area contributed by atoms with E-state index in [1.54, 1.807) is 6.20 Å². The number of hydrogen-bond donors (Lipinski definition) is 1. The molecule has 1 N–H and O–H groups in total. The monoisotopic (exact) mass is 340 g/mol. The normalized spacial score (nSPS) is 17.7. The van der Waals surface area contributed by atoms with Gasteiger partial charge in [0.1, 0.15) is 5.69 Å². The van der Waals surface area contributed by atoms with E-state index in [0.717, 1.165) is 54.9 Å². The summed E-state index contributed by atoms with van der Waals surface area (Å²) >= 11 is 0. The number of allylic oxidation sites excluding steroid dienone is 1. The molecule has 0 radical (unpaired) electrons. The number of fused-ring (bicyclic) bond motifs is 1. The first-order valence-corrected chi connectivity index (χ1v) is 9.60. The topological polar surface area (TPSA) is 67.2 Å². The van der Waals surface area contributed by atoms with Crippen LogP contribution in [0.25, 0.3) is 0 Å². The van der Waals surface area contributed by atoms with Crippen LogP contribution in [-0.2, 0) is 17.6 Å². The molecule has 1 aromatic heterocycles. The number of nitrogens with zero attached hydrogens (tertiary/aromatic N) is 3. The van der Waals surface area contributed by atoms with Crippen LogP contribution < -0.4 is 5.32 Å². The summed E-state index contributed by atoms with van der Waals surface area (Å²) < 4.78 is 0. The molecule has 1 aromatic rings. The second-order valence-electron chi connectivity index (χ2n) is 7.03. The number of aromatic nitrogens is 2. The number of nitrogens with one attached hydrogen (secondary N) is 1. The van der Waals surface area contributed by atoms with E-state index in [-0.39, 0.29) is 5.91 Å². The molecule has 0 atom stereocenters. The van der Waals surface area contributed by atoms with Crippen LogP contribution >= 0.6 is 0 Å². The summed E-state index contributed by atoms with van der Waals surface area (Å²) in [7, 11) is 0. The minimum Gasteiger partial charge on any atom is -0.328 e. The Bertz CT molecular complexity index is 706. The van der Waals surface area contributed by atoms with E-state index in [1.165, 1.54) is 36.8 Å². The van der Waals surface area contributed by atoms with E-state index < -0.39 is 0 Å². The van der Waals surface area contributed by atoms with Gasteiger partial charge in [0.2, 0.25) is 5.91 Å². The van der Waals surface area contributed by atoms with E-state index in [0.29, 0.717) is 6.42 Å². The molecule has 0 saturated heterocycles. The largest absolute Gasteiger partial charge is 0.328 e. The van der Waals surface area contributed by atoms with Crippen LogP contribution in [0.3, 0.4) is 0 Å². The number of carbonyl (C=O) groups excluding carboxylic acids is 1. The predicted molar refractivity (Wildman–Crippen MR) is 99.5 cm³/mol. The number of aliphatic imine (C=N–C) groups is 1. The molecule has 0 spiro atoms. The number of amides is 1. The molecule has 2 aliphatic rings. The highest BCUT2D eigenvalue weighted by Gasteiger charge is 2.21. The second kappa shape index (κ2) is 8.37. The molecular formula is C20H28N4O. The summed E-state index contributed by atoms with van der Waals surface area (Å²) in [6.45, 7) is 4.08. The van der Waals surface area contributed by atoms with Gasteiger partial charge in [0.05, 0.1) is 11.4 Å². The molecule has 5 heteroatoms. The lowest BCUT2D eigenvalue weighted by Gasteiger charge is -2.20. The zero-order valence-electron chi connectivity index (χ0n) is 15.4. The van der Waals surface area contributed by atoms with Crippen LogP contribution in [0.4, 0.5) is 0 Å². The van der Waals surface area contributed by atoms with Crippen molar-refractivity contribution in [1.29, 1.82) is 0 Å². The van der Waals surface area contributed by atoms with Crippen LogP contribution in [0.15, 0.2) is 16.9 Å². The average Bonchev–Trinajstić information content (AvgIpc) is 2.57. The van der Waals surface area contributed by atoms with Crippen molar-refractivity contribution in [2.75, 3.05) is 0 Å². The molecule has 5 nitrogen and oxygen atoms in total. The van der Waals surface area contributed by atoms with Gasteiger partial charge in [0.25, 0.3) is 0 Å². The summed E-state index contributed by atoms with van der Waals surface area (Å²) in [6, 6.07) is 0. The molecule has 3 rings (SSSR count). The first-order chi connectivity index (χ1) is 12.2. The summed E-state index contributed by atoms with van der Waals surface area (Å²) in [4.78, 5) is 16.4. The lowest BCUT2D eigenvalue weighted by Crippen LogP contribution is -2.25. The Balaban J connectivity index is 1.85. The van der Waals surface area contributed by atoms with E-state index >= 15 is 0 Å².